The van der Waals surface area contributed by atoms with Gasteiger partial charge in [-0.3, -0.25) is 14.3 Å². The number of carbonyl (C=O) groups is 1. The van der Waals surface area contributed by atoms with E-state index < -0.39 is 22.8 Å². The average Bonchev–Trinajstić information content (AvgIpc) is 3.19. The number of benzene rings is 2. The monoisotopic (exact) mass is 513 g/mol. The summed E-state index contributed by atoms with van der Waals surface area (Å²) in [6.07, 6.45) is 0. The first-order valence-electron chi connectivity index (χ1n) is 10.8. The summed E-state index contributed by atoms with van der Waals surface area (Å²) in [6, 6.07) is 12.5. The zero-order valence-electron chi connectivity index (χ0n) is 19.7. The zero-order chi connectivity index (χ0) is 25.3. The standard InChI is InChI=1S/C24H24ClN5O4S/c1-14-26-18-10-9-17(11-19(18)35-14)27-21-28-22(32)30(13-24(2,3)20(31)34-4)23(33)29(21)12-15-5-7-16(25)8-6-15/h5-11H,12-13H2,1-4H3,(H,27,28,32). The number of rotatable bonds is 6. The number of hydrogen-bond donors (Lipinski definition) is 1. The summed E-state index contributed by atoms with van der Waals surface area (Å²) in [5.41, 5.74) is -0.0859. The van der Waals surface area contributed by atoms with Crippen LogP contribution in [0.15, 0.2) is 57.0 Å². The molecule has 0 saturated heterocycles. The lowest BCUT2D eigenvalue weighted by molar-refractivity contribution is -0.151. The van der Waals surface area contributed by atoms with Gasteiger partial charge in [0.15, 0.2) is 0 Å². The van der Waals surface area contributed by atoms with Crippen LogP contribution in [0.2, 0.25) is 5.02 Å². The number of nitrogens with zero attached hydrogens (tertiary/aromatic N) is 4. The maximum absolute atomic E-state index is 13.5. The molecule has 0 atom stereocenters. The summed E-state index contributed by atoms with van der Waals surface area (Å²) in [5, 5.41) is 1.50. The summed E-state index contributed by atoms with van der Waals surface area (Å²) in [7, 11) is 1.27. The third kappa shape index (κ3) is 5.28. The molecule has 1 N–H and O–H groups in total. The highest BCUT2D eigenvalue weighted by Crippen LogP contribution is 2.25. The number of methoxy groups -OCH3 is 1. The van der Waals surface area contributed by atoms with Crippen molar-refractivity contribution in [1.82, 2.24) is 19.1 Å². The molecule has 0 aliphatic rings. The molecule has 2 aromatic heterocycles. The normalized spacial score (nSPS) is 12.3. The maximum Gasteiger partial charge on any atom is 0.335 e. The van der Waals surface area contributed by atoms with E-state index in [1.165, 1.54) is 23.0 Å². The number of aromatic nitrogens is 4. The highest BCUT2D eigenvalue weighted by molar-refractivity contribution is 7.18. The molecule has 9 nitrogen and oxygen atoms in total. The molecule has 0 spiro atoms. The predicted octanol–water partition coefficient (Wildman–Crippen LogP) is 3.39. The first-order chi connectivity index (χ1) is 16.6. The molecule has 0 amide bonds. The lowest BCUT2D eigenvalue weighted by Gasteiger charge is -2.22. The number of thiazole rings is 1. The topological polar surface area (TPSA) is 111 Å². The molecule has 4 rings (SSSR count). The van der Waals surface area contributed by atoms with E-state index in [2.05, 4.69) is 15.0 Å². The molecule has 182 valence electrons. The molecule has 0 bridgehead atoms. The minimum Gasteiger partial charge on any atom is -0.469 e. The van der Waals surface area contributed by atoms with E-state index in [4.69, 9.17) is 16.3 Å². The lowest BCUT2D eigenvalue weighted by Crippen LogP contribution is -2.52. The van der Waals surface area contributed by atoms with Crippen molar-refractivity contribution in [3.05, 3.63) is 84.6 Å². The molecule has 2 aromatic carbocycles. The van der Waals surface area contributed by atoms with Crippen LogP contribution in [0.4, 0.5) is 5.69 Å². The second-order valence-electron chi connectivity index (χ2n) is 8.71. The number of H-pyrrole nitrogens is 1. The van der Waals surface area contributed by atoms with E-state index in [-0.39, 0.29) is 18.7 Å². The van der Waals surface area contributed by atoms with Crippen LogP contribution in [0.5, 0.6) is 0 Å². The van der Waals surface area contributed by atoms with Gasteiger partial charge in [-0.15, -0.1) is 11.3 Å². The number of aromatic amines is 1. The van der Waals surface area contributed by atoms with Gasteiger partial charge >= 0.3 is 17.3 Å². The fourth-order valence-corrected chi connectivity index (χ4v) is 4.64. The SMILES string of the molecule is COC(=O)C(C)(C)Cn1c(=O)[nH]/c(=N\c2ccc3nc(C)sc3c2)n(Cc2ccc(Cl)cc2)c1=O. The highest BCUT2D eigenvalue weighted by atomic mass is 35.5. The van der Waals surface area contributed by atoms with Crippen molar-refractivity contribution in [3.63, 3.8) is 0 Å². The molecule has 0 aliphatic heterocycles. The van der Waals surface area contributed by atoms with Crippen LogP contribution in [0, 0.1) is 12.3 Å². The molecule has 0 saturated carbocycles. The number of aryl methyl sites for hydroxylation is 1. The van der Waals surface area contributed by atoms with Crippen LogP contribution in [-0.4, -0.2) is 32.2 Å². The van der Waals surface area contributed by atoms with Crippen molar-refractivity contribution in [2.45, 2.75) is 33.9 Å². The summed E-state index contributed by atoms with van der Waals surface area (Å²) in [5.74, 6) is -0.532. The van der Waals surface area contributed by atoms with Crippen LogP contribution < -0.4 is 17.0 Å². The minimum absolute atomic E-state index is 0.0858. The van der Waals surface area contributed by atoms with E-state index in [1.807, 2.05) is 19.1 Å². The molecule has 2 heterocycles. The first-order valence-corrected chi connectivity index (χ1v) is 12.0. The number of ether oxygens (including phenoxy) is 1. The highest BCUT2D eigenvalue weighted by Gasteiger charge is 2.31. The van der Waals surface area contributed by atoms with Gasteiger partial charge in [-0.2, -0.15) is 0 Å². The molecule has 0 fully saturated rings. The molecular formula is C24H24ClN5O4S. The van der Waals surface area contributed by atoms with Gasteiger partial charge in [0.25, 0.3) is 0 Å². The van der Waals surface area contributed by atoms with Crippen LogP contribution in [-0.2, 0) is 22.6 Å². The van der Waals surface area contributed by atoms with Crippen LogP contribution in [0.1, 0.15) is 24.4 Å². The van der Waals surface area contributed by atoms with Gasteiger partial charge < -0.3 is 4.74 Å². The number of carbonyl (C=O) groups excluding carboxylic acids is 1. The number of nitrogens with one attached hydrogen (secondary N) is 1. The molecule has 4 aromatic rings. The Balaban J connectivity index is 1.89. The van der Waals surface area contributed by atoms with Crippen LogP contribution in [0.3, 0.4) is 0 Å². The van der Waals surface area contributed by atoms with Gasteiger partial charge in [0, 0.05) is 11.6 Å². The third-order valence-corrected chi connectivity index (χ3v) is 6.63. The number of hydrogen-bond acceptors (Lipinski definition) is 7. The fraction of sp³-hybridized carbons (Fsp3) is 0.292. The Morgan fingerprint density at radius 1 is 1.17 bits per heavy atom. The number of fused-ring (bicyclic) bond motifs is 1. The summed E-state index contributed by atoms with van der Waals surface area (Å²) >= 11 is 7.54. The smallest absolute Gasteiger partial charge is 0.335 e. The van der Waals surface area contributed by atoms with Crippen LogP contribution in [0.25, 0.3) is 10.2 Å². The van der Waals surface area contributed by atoms with Crippen LogP contribution >= 0.6 is 22.9 Å². The Kier molecular flexibility index (Phi) is 6.77. The molecule has 0 radical (unpaired) electrons. The zero-order valence-corrected chi connectivity index (χ0v) is 21.2. The van der Waals surface area contributed by atoms with Gasteiger partial charge in [-0.1, -0.05) is 23.7 Å². The molecule has 0 unspecified atom stereocenters. The van der Waals surface area contributed by atoms with Gasteiger partial charge in [0.2, 0.25) is 5.62 Å². The quantitative estimate of drug-likeness (QED) is 0.397. The Labute approximate surface area is 209 Å². The Hall–Kier alpha value is -3.50. The Morgan fingerprint density at radius 2 is 1.89 bits per heavy atom. The minimum atomic E-state index is -1.10. The summed E-state index contributed by atoms with van der Waals surface area (Å²) < 4.78 is 8.13. The molecule has 0 aliphatic carbocycles. The van der Waals surface area contributed by atoms with E-state index in [0.29, 0.717) is 10.7 Å². The van der Waals surface area contributed by atoms with E-state index in [0.717, 1.165) is 25.4 Å². The lowest BCUT2D eigenvalue weighted by atomic mass is 9.94. The molecule has 11 heteroatoms. The van der Waals surface area contributed by atoms with Gasteiger partial charge in [-0.25, -0.2) is 24.1 Å². The van der Waals surface area contributed by atoms with Gasteiger partial charge in [-0.05, 0) is 56.7 Å². The van der Waals surface area contributed by atoms with Crippen molar-refractivity contribution in [1.29, 1.82) is 0 Å². The molecule has 35 heavy (non-hydrogen) atoms. The average molecular weight is 514 g/mol. The summed E-state index contributed by atoms with van der Waals surface area (Å²) in [6.45, 7) is 5.11. The van der Waals surface area contributed by atoms with Crippen molar-refractivity contribution in [2.24, 2.45) is 10.4 Å². The summed E-state index contributed by atoms with van der Waals surface area (Å²) in [4.78, 5) is 50.4. The first kappa shape index (κ1) is 24.6. The van der Waals surface area contributed by atoms with Crippen molar-refractivity contribution in [3.8, 4) is 0 Å². The number of esters is 1. The maximum atomic E-state index is 13.5. The Morgan fingerprint density at radius 3 is 2.57 bits per heavy atom. The van der Waals surface area contributed by atoms with E-state index in [9.17, 15) is 14.4 Å². The Bertz CT molecular complexity index is 1600. The second kappa shape index (κ2) is 9.63. The third-order valence-electron chi connectivity index (χ3n) is 5.44. The van der Waals surface area contributed by atoms with Crippen molar-refractivity contribution >= 4 is 44.8 Å². The van der Waals surface area contributed by atoms with E-state index >= 15 is 0 Å². The largest absolute Gasteiger partial charge is 0.469 e. The van der Waals surface area contributed by atoms with Crippen molar-refractivity contribution in [2.75, 3.05) is 7.11 Å². The van der Waals surface area contributed by atoms with E-state index in [1.54, 1.807) is 44.2 Å². The number of halogens is 1. The fourth-order valence-electron chi connectivity index (χ4n) is 3.65. The van der Waals surface area contributed by atoms with Gasteiger partial charge in [0.05, 0.1) is 40.0 Å². The molecular weight excluding hydrogens is 490 g/mol. The van der Waals surface area contributed by atoms with Crippen molar-refractivity contribution < 1.29 is 9.53 Å². The van der Waals surface area contributed by atoms with Gasteiger partial charge in [0.1, 0.15) is 0 Å². The second-order valence-corrected chi connectivity index (χ2v) is 10.4. The predicted molar refractivity (Wildman–Crippen MR) is 135 cm³/mol.